The van der Waals surface area contributed by atoms with E-state index in [0.717, 1.165) is 17.8 Å². The zero-order valence-electron chi connectivity index (χ0n) is 9.94. The predicted octanol–water partition coefficient (Wildman–Crippen LogP) is 3.45. The van der Waals surface area contributed by atoms with E-state index in [2.05, 4.69) is 31.2 Å². The molecule has 0 saturated heterocycles. The van der Waals surface area contributed by atoms with E-state index in [0.29, 0.717) is 0 Å². The summed E-state index contributed by atoms with van der Waals surface area (Å²) in [5, 5.41) is 1.13. The van der Waals surface area contributed by atoms with Crippen molar-refractivity contribution in [3.8, 4) is 10.6 Å². The Bertz CT molecular complexity index is 545. The minimum absolute atomic E-state index is 0.203. The Morgan fingerprint density at radius 1 is 1.35 bits per heavy atom. The summed E-state index contributed by atoms with van der Waals surface area (Å²) in [5.74, 6) is 0. The van der Waals surface area contributed by atoms with Gasteiger partial charge in [0.05, 0.1) is 5.69 Å². The molecule has 1 heterocycles. The third-order valence-electron chi connectivity index (χ3n) is 3.37. The van der Waals surface area contributed by atoms with Crippen LogP contribution in [0.2, 0.25) is 0 Å². The molecule has 3 heteroatoms. The molecule has 1 unspecified atom stereocenters. The number of rotatable bonds is 1. The Balaban J connectivity index is 2.08. The summed E-state index contributed by atoms with van der Waals surface area (Å²) in [4.78, 5) is 6.07. The van der Waals surface area contributed by atoms with Gasteiger partial charge in [-0.05, 0) is 31.7 Å². The molecule has 0 spiro atoms. The van der Waals surface area contributed by atoms with Gasteiger partial charge in [0.15, 0.2) is 0 Å². The molecule has 1 aliphatic rings. The van der Waals surface area contributed by atoms with Crippen LogP contribution in [0.25, 0.3) is 10.6 Å². The molecule has 88 valence electrons. The van der Waals surface area contributed by atoms with Gasteiger partial charge in [-0.25, -0.2) is 4.98 Å². The van der Waals surface area contributed by atoms with E-state index in [1.807, 2.05) is 0 Å². The van der Waals surface area contributed by atoms with Crippen molar-refractivity contribution in [2.24, 2.45) is 5.73 Å². The lowest BCUT2D eigenvalue weighted by molar-refractivity contribution is 0.573. The average molecular weight is 244 g/mol. The fraction of sp³-hybridized carbons (Fsp3) is 0.357. The van der Waals surface area contributed by atoms with Crippen LogP contribution in [0.5, 0.6) is 0 Å². The Labute approximate surface area is 106 Å². The molecule has 0 saturated carbocycles. The molecule has 0 fully saturated rings. The van der Waals surface area contributed by atoms with Crippen molar-refractivity contribution in [3.63, 3.8) is 0 Å². The zero-order chi connectivity index (χ0) is 11.8. The molecular weight excluding hydrogens is 228 g/mol. The molecule has 0 amide bonds. The van der Waals surface area contributed by atoms with Crippen molar-refractivity contribution in [1.82, 2.24) is 4.98 Å². The van der Waals surface area contributed by atoms with Gasteiger partial charge in [0.2, 0.25) is 0 Å². The van der Waals surface area contributed by atoms with Gasteiger partial charge in [-0.3, -0.25) is 0 Å². The summed E-state index contributed by atoms with van der Waals surface area (Å²) in [5.41, 5.74) is 9.91. The number of nitrogens with zero attached hydrogens (tertiary/aromatic N) is 1. The standard InChI is InChI=1S/C14H16N2S/c1-9-5-2-3-6-10(9)14-16-12-8-4-7-11(15)13(12)17-14/h2-3,5-6,11H,4,7-8,15H2,1H3. The van der Waals surface area contributed by atoms with Crippen molar-refractivity contribution in [1.29, 1.82) is 0 Å². The smallest absolute Gasteiger partial charge is 0.124 e. The van der Waals surface area contributed by atoms with Crippen molar-refractivity contribution >= 4 is 11.3 Å². The van der Waals surface area contributed by atoms with Crippen molar-refractivity contribution in [2.75, 3.05) is 0 Å². The number of hydrogen-bond acceptors (Lipinski definition) is 3. The molecule has 1 aromatic heterocycles. The Morgan fingerprint density at radius 3 is 2.94 bits per heavy atom. The van der Waals surface area contributed by atoms with E-state index in [1.54, 1.807) is 11.3 Å². The monoisotopic (exact) mass is 244 g/mol. The molecule has 0 bridgehead atoms. The van der Waals surface area contributed by atoms with Crippen LogP contribution in [-0.2, 0) is 6.42 Å². The fourth-order valence-corrected chi connectivity index (χ4v) is 3.62. The first-order valence-corrected chi connectivity index (χ1v) is 6.88. The number of thiazole rings is 1. The number of fused-ring (bicyclic) bond motifs is 1. The molecule has 1 aromatic carbocycles. The van der Waals surface area contributed by atoms with Crippen LogP contribution in [-0.4, -0.2) is 4.98 Å². The molecule has 2 nitrogen and oxygen atoms in total. The predicted molar refractivity (Wildman–Crippen MR) is 72.2 cm³/mol. The topological polar surface area (TPSA) is 38.9 Å². The van der Waals surface area contributed by atoms with Gasteiger partial charge in [0, 0.05) is 16.5 Å². The second kappa shape index (κ2) is 4.24. The minimum Gasteiger partial charge on any atom is -0.323 e. The van der Waals surface area contributed by atoms with E-state index in [1.165, 1.54) is 28.1 Å². The first-order chi connectivity index (χ1) is 8.25. The SMILES string of the molecule is Cc1ccccc1-c1nc2c(s1)C(N)CCC2. The molecule has 1 atom stereocenters. The van der Waals surface area contributed by atoms with Crippen molar-refractivity contribution in [3.05, 3.63) is 40.4 Å². The molecule has 0 radical (unpaired) electrons. The van der Waals surface area contributed by atoms with Crippen LogP contribution >= 0.6 is 11.3 Å². The highest BCUT2D eigenvalue weighted by Gasteiger charge is 2.22. The van der Waals surface area contributed by atoms with E-state index in [4.69, 9.17) is 10.7 Å². The van der Waals surface area contributed by atoms with Crippen molar-refractivity contribution in [2.45, 2.75) is 32.2 Å². The Morgan fingerprint density at radius 2 is 2.18 bits per heavy atom. The first kappa shape index (κ1) is 10.9. The van der Waals surface area contributed by atoms with Gasteiger partial charge in [0.1, 0.15) is 5.01 Å². The lowest BCUT2D eigenvalue weighted by Gasteiger charge is -2.15. The molecule has 1 aliphatic carbocycles. The lowest BCUT2D eigenvalue weighted by Crippen LogP contribution is -2.15. The summed E-state index contributed by atoms with van der Waals surface area (Å²) in [6.45, 7) is 2.13. The summed E-state index contributed by atoms with van der Waals surface area (Å²) in [6, 6.07) is 8.62. The van der Waals surface area contributed by atoms with E-state index in [-0.39, 0.29) is 6.04 Å². The molecule has 2 N–H and O–H groups in total. The Hall–Kier alpha value is -1.19. The van der Waals surface area contributed by atoms with Gasteiger partial charge in [-0.2, -0.15) is 0 Å². The second-order valence-electron chi connectivity index (χ2n) is 4.64. The average Bonchev–Trinajstić information content (AvgIpc) is 2.75. The molecule has 3 rings (SSSR count). The molecular formula is C14H16N2S. The number of hydrogen-bond donors (Lipinski definition) is 1. The van der Waals surface area contributed by atoms with Crippen LogP contribution in [0.4, 0.5) is 0 Å². The van der Waals surface area contributed by atoms with E-state index >= 15 is 0 Å². The maximum Gasteiger partial charge on any atom is 0.124 e. The second-order valence-corrected chi connectivity index (χ2v) is 5.67. The number of nitrogens with two attached hydrogens (primary N) is 1. The zero-order valence-corrected chi connectivity index (χ0v) is 10.8. The highest BCUT2D eigenvalue weighted by molar-refractivity contribution is 7.15. The van der Waals surface area contributed by atoms with E-state index < -0.39 is 0 Å². The summed E-state index contributed by atoms with van der Waals surface area (Å²) in [6.07, 6.45) is 3.36. The molecule has 17 heavy (non-hydrogen) atoms. The quantitative estimate of drug-likeness (QED) is 0.834. The summed E-state index contributed by atoms with van der Waals surface area (Å²) >= 11 is 1.77. The van der Waals surface area contributed by atoms with Gasteiger partial charge in [-0.1, -0.05) is 24.3 Å². The molecule has 2 aromatic rings. The van der Waals surface area contributed by atoms with Gasteiger partial charge in [-0.15, -0.1) is 11.3 Å². The highest BCUT2D eigenvalue weighted by atomic mass is 32.1. The largest absolute Gasteiger partial charge is 0.323 e. The minimum atomic E-state index is 0.203. The van der Waals surface area contributed by atoms with Crippen LogP contribution in [0, 0.1) is 6.92 Å². The lowest BCUT2D eigenvalue weighted by atomic mass is 9.99. The fourth-order valence-electron chi connectivity index (χ4n) is 2.38. The maximum atomic E-state index is 6.15. The molecule has 0 aliphatic heterocycles. The number of benzene rings is 1. The van der Waals surface area contributed by atoms with Crippen LogP contribution < -0.4 is 5.73 Å². The van der Waals surface area contributed by atoms with E-state index in [9.17, 15) is 0 Å². The normalized spacial score (nSPS) is 19.1. The van der Waals surface area contributed by atoms with Gasteiger partial charge in [0.25, 0.3) is 0 Å². The maximum absolute atomic E-state index is 6.15. The number of aromatic nitrogens is 1. The van der Waals surface area contributed by atoms with Gasteiger partial charge < -0.3 is 5.73 Å². The van der Waals surface area contributed by atoms with Gasteiger partial charge >= 0.3 is 0 Å². The third-order valence-corrected chi connectivity index (χ3v) is 4.63. The summed E-state index contributed by atoms with van der Waals surface area (Å²) < 4.78 is 0. The number of aryl methyl sites for hydroxylation is 2. The Kier molecular flexibility index (Phi) is 2.73. The van der Waals surface area contributed by atoms with Crippen LogP contribution in [0.1, 0.15) is 35.0 Å². The van der Waals surface area contributed by atoms with Crippen LogP contribution in [0.3, 0.4) is 0 Å². The highest BCUT2D eigenvalue weighted by Crippen LogP contribution is 2.37. The van der Waals surface area contributed by atoms with Crippen molar-refractivity contribution < 1.29 is 0 Å². The summed E-state index contributed by atoms with van der Waals surface area (Å²) in [7, 11) is 0. The van der Waals surface area contributed by atoms with Crippen LogP contribution in [0.15, 0.2) is 24.3 Å². The first-order valence-electron chi connectivity index (χ1n) is 6.07. The third kappa shape index (κ3) is 1.90.